The summed E-state index contributed by atoms with van der Waals surface area (Å²) in [5.41, 5.74) is 5.21. The molecule has 3 heterocycles. The summed E-state index contributed by atoms with van der Waals surface area (Å²) in [7, 11) is 0. The van der Waals surface area contributed by atoms with E-state index >= 15 is 0 Å². The fourth-order valence-electron chi connectivity index (χ4n) is 7.10. The molecule has 3 atom stereocenters. The molecule has 3 aromatic rings. The first kappa shape index (κ1) is 27.6. The summed E-state index contributed by atoms with van der Waals surface area (Å²) < 4.78 is 0. The predicted octanol–water partition coefficient (Wildman–Crippen LogP) is 6.50. The van der Waals surface area contributed by atoms with E-state index in [2.05, 4.69) is 78.2 Å². The van der Waals surface area contributed by atoms with Gasteiger partial charge in [0.2, 0.25) is 0 Å². The van der Waals surface area contributed by atoms with Gasteiger partial charge in [-0.1, -0.05) is 73.0 Å². The Kier molecular flexibility index (Phi) is 8.38. The van der Waals surface area contributed by atoms with Crippen molar-refractivity contribution in [2.45, 2.75) is 70.3 Å². The highest BCUT2D eigenvalue weighted by Crippen LogP contribution is 2.40. The highest BCUT2D eigenvalue weighted by molar-refractivity contribution is 7.11. The summed E-state index contributed by atoms with van der Waals surface area (Å²) in [6.45, 7) is 9.37. The quantitative estimate of drug-likeness (QED) is 0.308. The van der Waals surface area contributed by atoms with Crippen molar-refractivity contribution >= 4 is 17.3 Å². The van der Waals surface area contributed by atoms with E-state index in [0.717, 1.165) is 45.6 Å². The third-order valence-corrected chi connectivity index (χ3v) is 10.8. The average molecular weight is 558 g/mol. The number of carboxylic acid groups (broad SMARTS) is 1. The minimum Gasteiger partial charge on any atom is -0.480 e. The molecule has 1 saturated carbocycles. The molecule has 0 spiro atoms. The van der Waals surface area contributed by atoms with Gasteiger partial charge >= 0.3 is 5.97 Å². The number of piperidine rings is 1. The Morgan fingerprint density at radius 3 is 2.50 bits per heavy atom. The van der Waals surface area contributed by atoms with Gasteiger partial charge in [0.05, 0.1) is 10.7 Å². The molecular weight excluding hydrogens is 514 g/mol. The standard InChI is InChI=1S/C34H43N3O2S/c1-23-7-6-10-28(17-23)30-22-37(31(34(38)39)18-26-11-12-26)21-29(30)20-36-15-13-27(14-16-36)33-24(2)35-32(40-33)19-25-8-4-3-5-9-25/h3-10,17,26-27,29-31H,11-16,18-22H2,1-2H3,(H,38,39)/t29-,30+,31+/m0/s1. The van der Waals surface area contributed by atoms with Crippen LogP contribution in [0.5, 0.6) is 0 Å². The molecule has 6 heteroatoms. The van der Waals surface area contributed by atoms with Crippen LogP contribution >= 0.6 is 11.3 Å². The van der Waals surface area contributed by atoms with Crippen molar-refractivity contribution in [3.05, 3.63) is 86.9 Å². The van der Waals surface area contributed by atoms with Gasteiger partial charge in [-0.15, -0.1) is 11.3 Å². The van der Waals surface area contributed by atoms with E-state index < -0.39 is 5.97 Å². The average Bonchev–Trinajstić information content (AvgIpc) is 3.57. The second-order valence-electron chi connectivity index (χ2n) is 12.6. The molecule has 2 saturated heterocycles. The molecule has 0 unspecified atom stereocenters. The lowest BCUT2D eigenvalue weighted by atomic mass is 9.87. The Balaban J connectivity index is 1.11. The smallest absolute Gasteiger partial charge is 0.320 e. The Labute approximate surface area is 243 Å². The van der Waals surface area contributed by atoms with Crippen LogP contribution in [0.25, 0.3) is 0 Å². The molecule has 2 aromatic carbocycles. The van der Waals surface area contributed by atoms with E-state index in [4.69, 9.17) is 4.98 Å². The van der Waals surface area contributed by atoms with Crippen molar-refractivity contribution in [3.8, 4) is 0 Å². The van der Waals surface area contributed by atoms with E-state index in [1.54, 1.807) is 0 Å². The van der Waals surface area contributed by atoms with Gasteiger partial charge in [0.1, 0.15) is 6.04 Å². The van der Waals surface area contributed by atoms with Gasteiger partial charge in [-0.3, -0.25) is 9.69 Å². The molecule has 1 aromatic heterocycles. The van der Waals surface area contributed by atoms with Gasteiger partial charge in [-0.2, -0.15) is 0 Å². The maximum Gasteiger partial charge on any atom is 0.320 e. The zero-order valence-electron chi connectivity index (χ0n) is 24.0. The van der Waals surface area contributed by atoms with E-state index in [1.165, 1.54) is 58.0 Å². The molecule has 3 fully saturated rings. The first-order valence-electron chi connectivity index (χ1n) is 15.2. The Morgan fingerprint density at radius 1 is 1.02 bits per heavy atom. The number of thiazole rings is 1. The van der Waals surface area contributed by atoms with E-state index in [0.29, 0.717) is 23.7 Å². The van der Waals surface area contributed by atoms with Crippen molar-refractivity contribution < 1.29 is 9.90 Å². The zero-order chi connectivity index (χ0) is 27.6. The largest absolute Gasteiger partial charge is 0.480 e. The first-order chi connectivity index (χ1) is 19.4. The summed E-state index contributed by atoms with van der Waals surface area (Å²) in [4.78, 5) is 23.7. The summed E-state index contributed by atoms with van der Waals surface area (Å²) in [5, 5.41) is 11.3. The molecular formula is C34H43N3O2S. The lowest BCUT2D eigenvalue weighted by Crippen LogP contribution is -2.41. The number of rotatable bonds is 10. The van der Waals surface area contributed by atoms with Crippen LogP contribution < -0.4 is 0 Å². The maximum atomic E-state index is 12.3. The number of aryl methyl sites for hydroxylation is 2. The van der Waals surface area contributed by atoms with Gasteiger partial charge in [0.15, 0.2) is 0 Å². The highest BCUT2D eigenvalue weighted by atomic mass is 32.1. The van der Waals surface area contributed by atoms with E-state index in [9.17, 15) is 9.90 Å². The Bertz CT molecular complexity index is 1300. The fourth-order valence-corrected chi connectivity index (χ4v) is 8.37. The number of aromatic nitrogens is 1. The number of hydrogen-bond acceptors (Lipinski definition) is 5. The minimum absolute atomic E-state index is 0.338. The number of benzene rings is 2. The van der Waals surface area contributed by atoms with Crippen molar-refractivity contribution in [2.75, 3.05) is 32.7 Å². The molecule has 6 rings (SSSR count). The number of aliphatic carboxylic acids is 1. The Morgan fingerprint density at radius 2 is 1.80 bits per heavy atom. The van der Waals surface area contributed by atoms with Crippen molar-refractivity contribution in [2.24, 2.45) is 11.8 Å². The first-order valence-corrected chi connectivity index (χ1v) is 16.0. The molecule has 3 aliphatic rings. The van der Waals surface area contributed by atoms with Crippen LogP contribution in [-0.4, -0.2) is 64.6 Å². The van der Waals surface area contributed by atoms with Gasteiger partial charge in [0, 0.05) is 36.9 Å². The number of carbonyl (C=O) groups is 1. The number of carboxylic acids is 1. The number of hydrogen-bond donors (Lipinski definition) is 1. The molecule has 1 N–H and O–H groups in total. The minimum atomic E-state index is -0.636. The summed E-state index contributed by atoms with van der Waals surface area (Å²) in [6.07, 6.45) is 6.49. The van der Waals surface area contributed by atoms with Crippen LogP contribution in [0.2, 0.25) is 0 Å². The van der Waals surface area contributed by atoms with Gasteiger partial charge in [-0.05, 0) is 75.1 Å². The highest BCUT2D eigenvalue weighted by Gasteiger charge is 2.42. The van der Waals surface area contributed by atoms with Gasteiger partial charge < -0.3 is 10.0 Å². The molecule has 0 bridgehead atoms. The molecule has 0 amide bonds. The second-order valence-corrected chi connectivity index (χ2v) is 13.7. The summed E-state index contributed by atoms with van der Waals surface area (Å²) in [6, 6.07) is 19.2. The molecule has 5 nitrogen and oxygen atoms in total. The van der Waals surface area contributed by atoms with Gasteiger partial charge in [0.25, 0.3) is 0 Å². The Hall–Kier alpha value is -2.54. The SMILES string of the molecule is Cc1cccc([C@H]2CN([C@H](CC3CC3)C(=O)O)C[C@@H]2CN2CCC(c3sc(Cc4ccccc4)nc3C)CC2)c1. The molecule has 40 heavy (non-hydrogen) atoms. The zero-order valence-corrected chi connectivity index (χ0v) is 24.8. The number of likely N-dealkylation sites (tertiary alicyclic amines) is 2. The van der Waals surface area contributed by atoms with Crippen molar-refractivity contribution in [3.63, 3.8) is 0 Å². The maximum absolute atomic E-state index is 12.3. The van der Waals surface area contributed by atoms with Crippen molar-refractivity contribution in [1.82, 2.24) is 14.8 Å². The van der Waals surface area contributed by atoms with Gasteiger partial charge in [-0.25, -0.2) is 4.98 Å². The third kappa shape index (κ3) is 6.50. The number of nitrogens with zero attached hydrogens (tertiary/aromatic N) is 3. The van der Waals surface area contributed by atoms with Crippen molar-refractivity contribution in [1.29, 1.82) is 0 Å². The second kappa shape index (κ2) is 12.1. The van der Waals surface area contributed by atoms with Crippen LogP contribution in [0.1, 0.15) is 76.2 Å². The molecule has 1 aliphatic carbocycles. The summed E-state index contributed by atoms with van der Waals surface area (Å²) in [5.74, 6) is 1.42. The van der Waals surface area contributed by atoms with Crippen LogP contribution in [0.3, 0.4) is 0 Å². The van der Waals surface area contributed by atoms with Crippen LogP contribution in [-0.2, 0) is 11.2 Å². The fraction of sp³-hybridized carbons (Fsp3) is 0.529. The molecule has 2 aliphatic heterocycles. The topological polar surface area (TPSA) is 56.7 Å². The van der Waals surface area contributed by atoms with Crippen LogP contribution in [0.15, 0.2) is 54.6 Å². The normalized spacial score (nSPS) is 23.4. The molecule has 212 valence electrons. The molecule has 0 radical (unpaired) electrons. The van der Waals surface area contributed by atoms with E-state index in [-0.39, 0.29) is 6.04 Å². The van der Waals surface area contributed by atoms with Crippen LogP contribution in [0, 0.1) is 25.7 Å². The summed E-state index contributed by atoms with van der Waals surface area (Å²) >= 11 is 1.92. The monoisotopic (exact) mass is 557 g/mol. The van der Waals surface area contributed by atoms with E-state index in [1.807, 2.05) is 11.3 Å². The lowest BCUT2D eigenvalue weighted by Gasteiger charge is -2.34. The van der Waals surface area contributed by atoms with Crippen LogP contribution in [0.4, 0.5) is 0 Å². The third-order valence-electron chi connectivity index (χ3n) is 9.44. The predicted molar refractivity (Wildman–Crippen MR) is 162 cm³/mol. The lowest BCUT2D eigenvalue weighted by molar-refractivity contribution is -0.143.